The second-order valence-corrected chi connectivity index (χ2v) is 3.85. The maximum Gasteiger partial charge on any atom is 0.187 e. The Bertz CT molecular complexity index is 567. The minimum Gasteiger partial charge on any atom is -0.496 e. The molecule has 0 saturated carbocycles. The number of nitrogens with two attached hydrogens (primary N) is 1. The van der Waals surface area contributed by atoms with Gasteiger partial charge in [-0.3, -0.25) is 9.78 Å². The predicted molar refractivity (Wildman–Crippen MR) is 69.7 cm³/mol. The van der Waals surface area contributed by atoms with E-state index in [1.54, 1.807) is 25.4 Å². The highest BCUT2D eigenvalue weighted by molar-refractivity contribution is 6.00. The third-order valence-electron chi connectivity index (χ3n) is 2.65. The van der Waals surface area contributed by atoms with Crippen molar-refractivity contribution in [2.24, 2.45) is 0 Å². The van der Waals surface area contributed by atoms with Gasteiger partial charge in [-0.1, -0.05) is 18.2 Å². The van der Waals surface area contributed by atoms with Crippen molar-refractivity contribution in [3.05, 3.63) is 53.9 Å². The van der Waals surface area contributed by atoms with Crippen molar-refractivity contribution in [3.63, 3.8) is 0 Å². The van der Waals surface area contributed by atoms with Crippen LogP contribution in [0, 0.1) is 0 Å². The number of ketones is 1. The molecule has 0 radical (unpaired) electrons. The number of hydrogen-bond acceptors (Lipinski definition) is 4. The summed E-state index contributed by atoms with van der Waals surface area (Å²) in [5.74, 6) is 0.581. The topological polar surface area (TPSA) is 65.2 Å². The fourth-order valence-corrected chi connectivity index (χ4v) is 1.76. The fraction of sp³-hybridized carbons (Fsp3) is 0.143. The van der Waals surface area contributed by atoms with Crippen molar-refractivity contribution in [1.29, 1.82) is 0 Å². The lowest BCUT2D eigenvalue weighted by atomic mass is 10.0. The molecule has 0 amide bonds. The van der Waals surface area contributed by atoms with E-state index in [2.05, 4.69) is 4.98 Å². The van der Waals surface area contributed by atoms with Gasteiger partial charge in [0.15, 0.2) is 5.78 Å². The molecule has 2 rings (SSSR count). The van der Waals surface area contributed by atoms with Crippen LogP contribution < -0.4 is 10.5 Å². The fourth-order valence-electron chi connectivity index (χ4n) is 1.76. The molecule has 2 N–H and O–H groups in total. The van der Waals surface area contributed by atoms with E-state index in [4.69, 9.17) is 10.5 Å². The third-order valence-corrected chi connectivity index (χ3v) is 2.65. The lowest BCUT2D eigenvalue weighted by Crippen LogP contribution is -2.09. The molecule has 4 heteroatoms. The minimum absolute atomic E-state index is 0.113. The standard InChI is InChI=1S/C14H14N2O2/c1-18-13-7-3-2-5-10(13)9-12(17)14-11(15)6-4-8-16-14/h2-8H,9,15H2,1H3. The molecule has 1 aromatic carbocycles. The van der Waals surface area contributed by atoms with Crippen LogP contribution in [0.4, 0.5) is 5.69 Å². The summed E-state index contributed by atoms with van der Waals surface area (Å²) in [6.45, 7) is 0. The first-order chi connectivity index (χ1) is 8.72. The number of ether oxygens (including phenoxy) is 1. The highest BCUT2D eigenvalue weighted by Gasteiger charge is 2.13. The van der Waals surface area contributed by atoms with Crippen molar-refractivity contribution >= 4 is 11.5 Å². The van der Waals surface area contributed by atoms with E-state index in [0.717, 1.165) is 5.56 Å². The van der Waals surface area contributed by atoms with E-state index in [1.165, 1.54) is 0 Å². The molecular formula is C14H14N2O2. The second kappa shape index (κ2) is 5.31. The number of anilines is 1. The van der Waals surface area contributed by atoms with Crippen molar-refractivity contribution in [2.45, 2.75) is 6.42 Å². The van der Waals surface area contributed by atoms with Gasteiger partial charge in [-0.05, 0) is 18.2 Å². The van der Waals surface area contributed by atoms with Gasteiger partial charge >= 0.3 is 0 Å². The summed E-state index contributed by atoms with van der Waals surface area (Å²) in [6.07, 6.45) is 1.79. The van der Waals surface area contributed by atoms with Crippen LogP contribution in [0.2, 0.25) is 0 Å². The molecule has 0 bridgehead atoms. The van der Waals surface area contributed by atoms with Crippen molar-refractivity contribution in [2.75, 3.05) is 12.8 Å². The molecule has 0 aliphatic carbocycles. The Kier molecular flexibility index (Phi) is 3.57. The summed E-state index contributed by atoms with van der Waals surface area (Å²) >= 11 is 0. The Morgan fingerprint density at radius 1 is 1.28 bits per heavy atom. The molecule has 0 aliphatic rings. The number of carbonyl (C=O) groups is 1. The van der Waals surface area contributed by atoms with Gasteiger partial charge in [-0.25, -0.2) is 0 Å². The van der Waals surface area contributed by atoms with Gasteiger partial charge in [0.1, 0.15) is 11.4 Å². The molecule has 1 aromatic heterocycles. The maximum atomic E-state index is 12.1. The number of rotatable bonds is 4. The predicted octanol–water partition coefficient (Wildman–Crippen LogP) is 2.10. The number of aromatic nitrogens is 1. The van der Waals surface area contributed by atoms with E-state index >= 15 is 0 Å². The Morgan fingerprint density at radius 3 is 2.78 bits per heavy atom. The Balaban J connectivity index is 2.24. The highest BCUT2D eigenvalue weighted by Crippen LogP contribution is 2.20. The number of nitrogens with zero attached hydrogens (tertiary/aromatic N) is 1. The average Bonchev–Trinajstić information content (AvgIpc) is 2.39. The van der Waals surface area contributed by atoms with Crippen molar-refractivity contribution in [1.82, 2.24) is 4.98 Å². The van der Waals surface area contributed by atoms with Crippen LogP contribution in [0.25, 0.3) is 0 Å². The van der Waals surface area contributed by atoms with Crippen LogP contribution >= 0.6 is 0 Å². The number of hydrogen-bond donors (Lipinski definition) is 1. The summed E-state index contributed by atoms with van der Waals surface area (Å²) in [6, 6.07) is 10.8. The summed E-state index contributed by atoms with van der Waals surface area (Å²) in [4.78, 5) is 16.1. The van der Waals surface area contributed by atoms with Gasteiger partial charge < -0.3 is 10.5 Å². The minimum atomic E-state index is -0.113. The quantitative estimate of drug-likeness (QED) is 0.834. The lowest BCUT2D eigenvalue weighted by Gasteiger charge is -2.08. The molecule has 4 nitrogen and oxygen atoms in total. The van der Waals surface area contributed by atoms with Gasteiger partial charge in [0.2, 0.25) is 0 Å². The summed E-state index contributed by atoms with van der Waals surface area (Å²) in [7, 11) is 1.58. The zero-order chi connectivity index (χ0) is 13.0. The Hall–Kier alpha value is -2.36. The van der Waals surface area contributed by atoms with E-state index in [-0.39, 0.29) is 12.2 Å². The van der Waals surface area contributed by atoms with Crippen LogP contribution in [0.3, 0.4) is 0 Å². The monoisotopic (exact) mass is 242 g/mol. The molecule has 2 aromatic rings. The van der Waals surface area contributed by atoms with Gasteiger partial charge in [0.25, 0.3) is 0 Å². The van der Waals surface area contributed by atoms with Crippen LogP contribution in [0.1, 0.15) is 16.1 Å². The molecule has 0 unspecified atom stereocenters. The number of benzene rings is 1. The number of carbonyl (C=O) groups excluding carboxylic acids is 1. The first-order valence-electron chi connectivity index (χ1n) is 5.58. The first-order valence-corrected chi connectivity index (χ1v) is 5.58. The number of pyridine rings is 1. The third kappa shape index (κ3) is 2.48. The molecule has 18 heavy (non-hydrogen) atoms. The summed E-state index contributed by atoms with van der Waals surface area (Å²) in [5.41, 5.74) is 7.27. The zero-order valence-electron chi connectivity index (χ0n) is 10.1. The molecule has 0 aliphatic heterocycles. The normalized spacial score (nSPS) is 10.1. The van der Waals surface area contributed by atoms with E-state index in [0.29, 0.717) is 17.1 Å². The number of nitrogen functional groups attached to an aromatic ring is 1. The molecular weight excluding hydrogens is 228 g/mol. The van der Waals surface area contributed by atoms with Crippen LogP contribution in [-0.2, 0) is 6.42 Å². The number of Topliss-reactive ketones (excluding diaryl/α,β-unsaturated/α-hetero) is 1. The molecule has 0 saturated heterocycles. The highest BCUT2D eigenvalue weighted by atomic mass is 16.5. The number of para-hydroxylation sites is 1. The Labute approximate surface area is 105 Å². The van der Waals surface area contributed by atoms with Crippen LogP contribution in [-0.4, -0.2) is 17.9 Å². The van der Waals surface area contributed by atoms with Crippen molar-refractivity contribution < 1.29 is 9.53 Å². The average molecular weight is 242 g/mol. The summed E-state index contributed by atoms with van der Waals surface area (Å²) in [5, 5.41) is 0. The van der Waals surface area contributed by atoms with E-state index in [9.17, 15) is 4.79 Å². The van der Waals surface area contributed by atoms with Gasteiger partial charge in [-0.15, -0.1) is 0 Å². The molecule has 1 heterocycles. The molecule has 92 valence electrons. The molecule has 0 spiro atoms. The van der Waals surface area contributed by atoms with Crippen molar-refractivity contribution in [3.8, 4) is 5.75 Å². The second-order valence-electron chi connectivity index (χ2n) is 3.85. The van der Waals surface area contributed by atoms with Crippen LogP contribution in [0.15, 0.2) is 42.6 Å². The zero-order valence-corrected chi connectivity index (χ0v) is 10.1. The number of methoxy groups -OCH3 is 1. The molecule has 0 atom stereocenters. The maximum absolute atomic E-state index is 12.1. The SMILES string of the molecule is COc1ccccc1CC(=O)c1ncccc1N. The first kappa shape index (κ1) is 12.1. The summed E-state index contributed by atoms with van der Waals surface area (Å²) < 4.78 is 5.21. The van der Waals surface area contributed by atoms with E-state index < -0.39 is 0 Å². The van der Waals surface area contributed by atoms with E-state index in [1.807, 2.05) is 24.3 Å². The molecule has 0 fully saturated rings. The smallest absolute Gasteiger partial charge is 0.187 e. The van der Waals surface area contributed by atoms with Crippen LogP contribution in [0.5, 0.6) is 5.75 Å². The Morgan fingerprint density at radius 2 is 2.06 bits per heavy atom. The largest absolute Gasteiger partial charge is 0.496 e. The van der Waals surface area contributed by atoms with Gasteiger partial charge in [0.05, 0.1) is 12.8 Å². The van der Waals surface area contributed by atoms with Gasteiger partial charge in [0, 0.05) is 18.2 Å². The van der Waals surface area contributed by atoms with Gasteiger partial charge in [-0.2, -0.15) is 0 Å². The lowest BCUT2D eigenvalue weighted by molar-refractivity contribution is 0.0988.